The van der Waals surface area contributed by atoms with Crippen LogP contribution in [0.15, 0.2) is 57.4 Å². The minimum absolute atomic E-state index is 0.255. The van der Waals surface area contributed by atoms with Crippen LogP contribution in [0.25, 0.3) is 11.5 Å². The third kappa shape index (κ3) is 3.65. The Morgan fingerprint density at radius 3 is 2.70 bits per heavy atom. The molecule has 0 N–H and O–H groups in total. The summed E-state index contributed by atoms with van der Waals surface area (Å²) in [4.78, 5) is 14.3. The minimum Gasteiger partial charge on any atom is -0.468 e. The van der Waals surface area contributed by atoms with E-state index in [4.69, 9.17) is 9.15 Å². The topological polar surface area (TPSA) is 68.5 Å². The molecule has 0 spiro atoms. The Kier molecular flexibility index (Phi) is 5.05. The van der Waals surface area contributed by atoms with Crippen LogP contribution >= 0.6 is 15.9 Å². The molecule has 4 rings (SSSR count). The van der Waals surface area contributed by atoms with Gasteiger partial charge in [0.15, 0.2) is 0 Å². The van der Waals surface area contributed by atoms with Crippen molar-refractivity contribution in [2.45, 2.75) is 25.6 Å². The molecule has 0 aliphatic carbocycles. The van der Waals surface area contributed by atoms with Crippen molar-refractivity contribution in [1.29, 1.82) is 0 Å². The van der Waals surface area contributed by atoms with E-state index in [2.05, 4.69) is 38.3 Å². The van der Waals surface area contributed by atoms with Gasteiger partial charge in [0.25, 0.3) is 0 Å². The van der Waals surface area contributed by atoms with Crippen LogP contribution < -0.4 is 0 Å². The quantitative estimate of drug-likeness (QED) is 0.592. The van der Waals surface area contributed by atoms with Crippen molar-refractivity contribution in [2.75, 3.05) is 7.11 Å². The van der Waals surface area contributed by atoms with Crippen LogP contribution in [0, 0.1) is 0 Å². The lowest BCUT2D eigenvalue weighted by atomic mass is 9.94. The van der Waals surface area contributed by atoms with Crippen molar-refractivity contribution < 1.29 is 13.9 Å². The SMILES string of the molecule is COC(=O)C1Cc2ccccc2CN1Cc1nnc(-c2ccccc2Br)o1. The van der Waals surface area contributed by atoms with Gasteiger partial charge in [-0.2, -0.15) is 0 Å². The Bertz CT molecular complexity index is 972. The Morgan fingerprint density at radius 1 is 1.19 bits per heavy atom. The second-order valence-corrected chi connectivity index (χ2v) is 7.25. The first kappa shape index (κ1) is 17.9. The number of aromatic nitrogens is 2. The summed E-state index contributed by atoms with van der Waals surface area (Å²) in [6.45, 7) is 1.01. The number of carbonyl (C=O) groups is 1. The van der Waals surface area contributed by atoms with Gasteiger partial charge in [-0.3, -0.25) is 9.69 Å². The fourth-order valence-electron chi connectivity index (χ4n) is 3.35. The molecule has 3 aromatic rings. The van der Waals surface area contributed by atoms with Crippen LogP contribution in [0.2, 0.25) is 0 Å². The fraction of sp³-hybridized carbons (Fsp3) is 0.250. The van der Waals surface area contributed by atoms with E-state index in [-0.39, 0.29) is 12.0 Å². The number of esters is 1. The zero-order chi connectivity index (χ0) is 18.8. The summed E-state index contributed by atoms with van der Waals surface area (Å²) in [5, 5.41) is 8.33. The van der Waals surface area contributed by atoms with Gasteiger partial charge in [0.05, 0.1) is 19.2 Å². The van der Waals surface area contributed by atoms with E-state index in [0.717, 1.165) is 10.0 Å². The number of hydrogen-bond acceptors (Lipinski definition) is 6. The Morgan fingerprint density at radius 2 is 1.93 bits per heavy atom. The highest BCUT2D eigenvalue weighted by Crippen LogP contribution is 2.29. The predicted molar refractivity (Wildman–Crippen MR) is 103 cm³/mol. The summed E-state index contributed by atoms with van der Waals surface area (Å²) in [5.74, 6) is 0.661. The summed E-state index contributed by atoms with van der Waals surface area (Å²) in [7, 11) is 1.42. The molecule has 0 saturated carbocycles. The highest BCUT2D eigenvalue weighted by molar-refractivity contribution is 9.10. The zero-order valence-corrected chi connectivity index (χ0v) is 16.3. The molecule has 0 bridgehead atoms. The molecule has 7 heteroatoms. The van der Waals surface area contributed by atoms with Crippen LogP contribution in [-0.4, -0.2) is 34.2 Å². The van der Waals surface area contributed by atoms with E-state index >= 15 is 0 Å². The first-order chi connectivity index (χ1) is 13.2. The van der Waals surface area contributed by atoms with Gasteiger partial charge >= 0.3 is 5.97 Å². The molecule has 1 aliphatic heterocycles. The normalized spacial score (nSPS) is 16.7. The predicted octanol–water partition coefficient (Wildman–Crippen LogP) is 3.60. The molecule has 27 heavy (non-hydrogen) atoms. The van der Waals surface area contributed by atoms with Crippen LogP contribution in [0.3, 0.4) is 0 Å². The molecule has 1 atom stereocenters. The summed E-state index contributed by atoms with van der Waals surface area (Å²) < 4.78 is 11.8. The van der Waals surface area contributed by atoms with Gasteiger partial charge in [-0.25, -0.2) is 0 Å². The van der Waals surface area contributed by atoms with Crippen molar-refractivity contribution in [3.63, 3.8) is 0 Å². The number of benzene rings is 2. The van der Waals surface area contributed by atoms with E-state index in [1.54, 1.807) is 0 Å². The Labute approximate surface area is 165 Å². The van der Waals surface area contributed by atoms with Crippen LogP contribution in [0.1, 0.15) is 17.0 Å². The molecular weight excluding hydrogens is 410 g/mol. The number of ether oxygens (including phenoxy) is 1. The lowest BCUT2D eigenvalue weighted by Crippen LogP contribution is -2.45. The minimum atomic E-state index is -0.372. The third-order valence-corrected chi connectivity index (χ3v) is 5.42. The number of halogens is 1. The maximum absolute atomic E-state index is 12.3. The van der Waals surface area contributed by atoms with Crippen LogP contribution in [-0.2, 0) is 29.0 Å². The second-order valence-electron chi connectivity index (χ2n) is 6.40. The molecule has 6 nitrogen and oxygen atoms in total. The molecule has 0 saturated heterocycles. The van der Waals surface area contributed by atoms with Crippen LogP contribution in [0.4, 0.5) is 0 Å². The first-order valence-corrected chi connectivity index (χ1v) is 9.41. The molecule has 2 aromatic carbocycles. The molecule has 0 fully saturated rings. The number of nitrogens with zero attached hydrogens (tertiary/aromatic N) is 3. The lowest BCUT2D eigenvalue weighted by Gasteiger charge is -2.34. The summed E-state index contributed by atoms with van der Waals surface area (Å²) in [6.07, 6.45) is 0.605. The molecule has 0 radical (unpaired) electrons. The maximum atomic E-state index is 12.3. The first-order valence-electron chi connectivity index (χ1n) is 8.61. The van der Waals surface area contributed by atoms with Gasteiger partial charge in [-0.1, -0.05) is 36.4 Å². The highest BCUT2D eigenvalue weighted by Gasteiger charge is 2.33. The molecular formula is C20H18BrN3O3. The Hall–Kier alpha value is -2.51. The largest absolute Gasteiger partial charge is 0.468 e. The standard InChI is InChI=1S/C20H18BrN3O3/c1-26-20(25)17-10-13-6-2-3-7-14(13)11-24(17)12-18-22-23-19(27-18)15-8-4-5-9-16(15)21/h2-9,17H,10-12H2,1H3. The number of hydrogen-bond donors (Lipinski definition) is 0. The summed E-state index contributed by atoms with van der Waals surface area (Å²) >= 11 is 3.50. The van der Waals surface area contributed by atoms with E-state index in [0.29, 0.717) is 31.3 Å². The third-order valence-electron chi connectivity index (χ3n) is 4.73. The molecule has 1 aromatic heterocycles. The van der Waals surface area contributed by atoms with E-state index in [1.165, 1.54) is 18.2 Å². The molecule has 0 amide bonds. The average Bonchev–Trinajstić information content (AvgIpc) is 3.15. The smallest absolute Gasteiger partial charge is 0.323 e. The molecule has 1 unspecified atom stereocenters. The molecule has 2 heterocycles. The van der Waals surface area contributed by atoms with Gasteiger partial charge in [-0.15, -0.1) is 10.2 Å². The van der Waals surface area contributed by atoms with Gasteiger partial charge < -0.3 is 9.15 Å². The van der Waals surface area contributed by atoms with E-state index < -0.39 is 0 Å². The lowest BCUT2D eigenvalue weighted by molar-refractivity contribution is -0.148. The Balaban J connectivity index is 1.59. The van der Waals surface area contributed by atoms with Gasteiger partial charge in [0, 0.05) is 11.0 Å². The molecule has 138 valence electrons. The van der Waals surface area contributed by atoms with Crippen molar-refractivity contribution >= 4 is 21.9 Å². The molecule has 1 aliphatic rings. The van der Waals surface area contributed by atoms with E-state index in [9.17, 15) is 4.79 Å². The average molecular weight is 428 g/mol. The van der Waals surface area contributed by atoms with Gasteiger partial charge in [-0.05, 0) is 45.6 Å². The highest BCUT2D eigenvalue weighted by atomic mass is 79.9. The fourth-order valence-corrected chi connectivity index (χ4v) is 3.80. The number of methoxy groups -OCH3 is 1. The number of carbonyl (C=O) groups excluding carboxylic acids is 1. The maximum Gasteiger partial charge on any atom is 0.323 e. The van der Waals surface area contributed by atoms with Gasteiger partial charge in [0.2, 0.25) is 11.8 Å². The van der Waals surface area contributed by atoms with Crippen molar-refractivity contribution in [2.24, 2.45) is 0 Å². The second kappa shape index (κ2) is 7.62. The van der Waals surface area contributed by atoms with Gasteiger partial charge in [0.1, 0.15) is 6.04 Å². The number of fused-ring (bicyclic) bond motifs is 1. The summed E-state index contributed by atoms with van der Waals surface area (Å²) in [5.41, 5.74) is 3.21. The monoisotopic (exact) mass is 427 g/mol. The zero-order valence-electron chi connectivity index (χ0n) is 14.8. The van der Waals surface area contributed by atoms with Crippen molar-refractivity contribution in [3.05, 3.63) is 70.0 Å². The number of rotatable bonds is 4. The van der Waals surface area contributed by atoms with Crippen molar-refractivity contribution in [3.8, 4) is 11.5 Å². The summed E-state index contributed by atoms with van der Waals surface area (Å²) in [6, 6.07) is 15.4. The van der Waals surface area contributed by atoms with Crippen molar-refractivity contribution in [1.82, 2.24) is 15.1 Å². The van der Waals surface area contributed by atoms with Crippen LogP contribution in [0.5, 0.6) is 0 Å². The van der Waals surface area contributed by atoms with E-state index in [1.807, 2.05) is 41.3 Å².